The van der Waals surface area contributed by atoms with Crippen LogP contribution in [-0.2, 0) is 4.79 Å². The smallest absolute Gasteiger partial charge is 0.406 e. The number of amides is 2. The Labute approximate surface area is 192 Å². The molecule has 1 aliphatic heterocycles. The highest BCUT2D eigenvalue weighted by Gasteiger charge is 2.32. The molecule has 4 rings (SSSR count). The third-order valence-corrected chi connectivity index (χ3v) is 5.07. The van der Waals surface area contributed by atoms with Crippen molar-refractivity contribution in [2.75, 3.05) is 19.6 Å². The first-order chi connectivity index (χ1) is 15.6. The Morgan fingerprint density at radius 3 is 2.64 bits per heavy atom. The molecular formula is C20H14BrF4N5O3. The summed E-state index contributed by atoms with van der Waals surface area (Å²) >= 11 is 3.15. The molecule has 1 N–H and O–H groups in total. The lowest BCUT2D eigenvalue weighted by Crippen LogP contribution is -2.50. The van der Waals surface area contributed by atoms with Crippen LogP contribution < -0.4 is 10.1 Å². The molecule has 0 bridgehead atoms. The molecule has 3 heterocycles. The van der Waals surface area contributed by atoms with Crippen LogP contribution in [0.1, 0.15) is 10.5 Å². The maximum absolute atomic E-state index is 13.3. The van der Waals surface area contributed by atoms with Crippen LogP contribution in [-0.4, -0.2) is 57.5 Å². The number of carbonyl (C=O) groups excluding carboxylic acids is 2. The third kappa shape index (κ3) is 5.30. The molecule has 0 spiro atoms. The van der Waals surface area contributed by atoms with E-state index in [1.54, 1.807) is 0 Å². The predicted molar refractivity (Wildman–Crippen MR) is 110 cm³/mol. The van der Waals surface area contributed by atoms with E-state index in [0.29, 0.717) is 0 Å². The van der Waals surface area contributed by atoms with Gasteiger partial charge in [0.25, 0.3) is 5.91 Å². The minimum Gasteiger partial charge on any atom is -0.406 e. The molecule has 2 amide bonds. The zero-order valence-electron chi connectivity index (χ0n) is 16.6. The van der Waals surface area contributed by atoms with Crippen LogP contribution in [0.15, 0.2) is 47.1 Å². The average molecular weight is 528 g/mol. The van der Waals surface area contributed by atoms with E-state index in [2.05, 4.69) is 36.1 Å². The van der Waals surface area contributed by atoms with E-state index in [1.165, 1.54) is 34.0 Å². The van der Waals surface area contributed by atoms with Crippen molar-refractivity contribution >= 4 is 27.7 Å². The van der Waals surface area contributed by atoms with Crippen LogP contribution in [0.25, 0.3) is 16.9 Å². The summed E-state index contributed by atoms with van der Waals surface area (Å²) in [5, 5.41) is 6.88. The van der Waals surface area contributed by atoms with Gasteiger partial charge in [0.15, 0.2) is 5.69 Å². The predicted octanol–water partition coefficient (Wildman–Crippen LogP) is 3.31. The van der Waals surface area contributed by atoms with Gasteiger partial charge in [-0.05, 0) is 36.4 Å². The Morgan fingerprint density at radius 2 is 1.97 bits per heavy atom. The molecule has 0 unspecified atom stereocenters. The fraction of sp³-hybridized carbons (Fsp3) is 0.200. The minimum absolute atomic E-state index is 0.0534. The monoisotopic (exact) mass is 527 g/mol. The first-order valence-electron chi connectivity index (χ1n) is 9.44. The molecule has 172 valence electrons. The summed E-state index contributed by atoms with van der Waals surface area (Å²) in [6.07, 6.45) is -3.74. The first kappa shape index (κ1) is 22.7. The third-order valence-electron chi connectivity index (χ3n) is 4.61. The summed E-state index contributed by atoms with van der Waals surface area (Å²) in [5.41, 5.74) is 0.667. The van der Waals surface area contributed by atoms with Crippen molar-refractivity contribution in [2.45, 2.75) is 6.36 Å². The van der Waals surface area contributed by atoms with Gasteiger partial charge in [0, 0.05) is 23.1 Å². The van der Waals surface area contributed by atoms with Gasteiger partial charge in [0.2, 0.25) is 11.9 Å². The standard InChI is InChI=1S/C20H14BrF4N5O3/c21-12-5-11(6-14(7-12)33-20(23,24)25)16-8-15(19(32)29-4-3-26-18(31)10-29)28-30(16)13-1-2-17(22)27-9-13/h1-2,5-9H,3-4,10H2,(H,26,31). The second kappa shape index (κ2) is 8.81. The molecule has 2 aromatic heterocycles. The van der Waals surface area contributed by atoms with Gasteiger partial charge in [-0.3, -0.25) is 9.59 Å². The number of pyridine rings is 1. The van der Waals surface area contributed by atoms with E-state index in [0.717, 1.165) is 18.2 Å². The number of aromatic nitrogens is 3. The quantitative estimate of drug-likeness (QED) is 0.415. The molecule has 1 aliphatic rings. The van der Waals surface area contributed by atoms with Gasteiger partial charge in [-0.25, -0.2) is 9.67 Å². The second-order valence-electron chi connectivity index (χ2n) is 6.97. The number of nitrogens with one attached hydrogen (secondary N) is 1. The number of hydrogen-bond donors (Lipinski definition) is 1. The highest BCUT2D eigenvalue weighted by atomic mass is 79.9. The lowest BCUT2D eigenvalue weighted by atomic mass is 10.1. The van der Waals surface area contributed by atoms with Crippen LogP contribution in [0.2, 0.25) is 0 Å². The molecule has 33 heavy (non-hydrogen) atoms. The lowest BCUT2D eigenvalue weighted by Gasteiger charge is -2.25. The highest BCUT2D eigenvalue weighted by Crippen LogP contribution is 2.33. The van der Waals surface area contributed by atoms with E-state index in [1.807, 2.05) is 0 Å². The number of carbonyl (C=O) groups is 2. The van der Waals surface area contributed by atoms with Gasteiger partial charge in [-0.1, -0.05) is 15.9 Å². The van der Waals surface area contributed by atoms with Gasteiger partial charge in [-0.2, -0.15) is 9.49 Å². The van der Waals surface area contributed by atoms with Crippen LogP contribution in [0.4, 0.5) is 17.6 Å². The number of halogens is 5. The number of ether oxygens (including phenoxy) is 1. The first-order valence-corrected chi connectivity index (χ1v) is 10.2. The molecule has 1 saturated heterocycles. The summed E-state index contributed by atoms with van der Waals surface area (Å²) in [5.74, 6) is -2.09. The van der Waals surface area contributed by atoms with Crippen molar-refractivity contribution in [3.05, 3.63) is 58.7 Å². The van der Waals surface area contributed by atoms with Gasteiger partial charge >= 0.3 is 6.36 Å². The maximum Gasteiger partial charge on any atom is 0.573 e. The zero-order valence-corrected chi connectivity index (χ0v) is 18.2. The van der Waals surface area contributed by atoms with E-state index < -0.39 is 24.0 Å². The Bertz CT molecular complexity index is 1210. The Hall–Kier alpha value is -3.48. The van der Waals surface area contributed by atoms with Crippen molar-refractivity contribution in [3.63, 3.8) is 0 Å². The summed E-state index contributed by atoms with van der Waals surface area (Å²) in [6, 6.07) is 7.58. The van der Waals surface area contributed by atoms with E-state index in [4.69, 9.17) is 0 Å². The molecule has 0 atom stereocenters. The fourth-order valence-electron chi connectivity index (χ4n) is 3.26. The molecule has 13 heteroatoms. The molecule has 0 radical (unpaired) electrons. The van der Waals surface area contributed by atoms with Crippen molar-refractivity contribution in [1.29, 1.82) is 0 Å². The Morgan fingerprint density at radius 1 is 1.18 bits per heavy atom. The summed E-state index contributed by atoms with van der Waals surface area (Å²) in [4.78, 5) is 29.5. The lowest BCUT2D eigenvalue weighted by molar-refractivity contribution is -0.274. The fourth-order valence-corrected chi connectivity index (χ4v) is 3.73. The highest BCUT2D eigenvalue weighted by molar-refractivity contribution is 9.10. The van der Waals surface area contributed by atoms with Gasteiger partial charge in [0.05, 0.1) is 24.1 Å². The number of benzene rings is 1. The second-order valence-corrected chi connectivity index (χ2v) is 7.88. The largest absolute Gasteiger partial charge is 0.573 e. The summed E-state index contributed by atoms with van der Waals surface area (Å²) in [6.45, 7) is 0.398. The van der Waals surface area contributed by atoms with Crippen LogP contribution in [0.5, 0.6) is 5.75 Å². The molecule has 3 aromatic rings. The normalized spacial score (nSPS) is 14.2. The van der Waals surface area contributed by atoms with E-state index >= 15 is 0 Å². The van der Waals surface area contributed by atoms with Gasteiger partial charge in [0.1, 0.15) is 5.75 Å². The molecule has 0 aliphatic carbocycles. The average Bonchev–Trinajstić information content (AvgIpc) is 3.17. The number of rotatable bonds is 4. The number of nitrogens with zero attached hydrogens (tertiary/aromatic N) is 4. The molecule has 0 saturated carbocycles. The van der Waals surface area contributed by atoms with Crippen molar-refractivity contribution in [1.82, 2.24) is 25.0 Å². The number of hydrogen-bond acceptors (Lipinski definition) is 5. The van der Waals surface area contributed by atoms with E-state index in [-0.39, 0.29) is 52.7 Å². The van der Waals surface area contributed by atoms with Gasteiger partial charge in [-0.15, -0.1) is 13.2 Å². The molecule has 1 aromatic carbocycles. The Balaban J connectivity index is 1.80. The zero-order chi connectivity index (χ0) is 23.8. The van der Waals surface area contributed by atoms with Crippen LogP contribution >= 0.6 is 15.9 Å². The number of alkyl halides is 3. The minimum atomic E-state index is -4.91. The molecule has 8 nitrogen and oxygen atoms in total. The molecule has 1 fully saturated rings. The van der Waals surface area contributed by atoms with E-state index in [9.17, 15) is 27.2 Å². The van der Waals surface area contributed by atoms with Gasteiger partial charge < -0.3 is 15.0 Å². The summed E-state index contributed by atoms with van der Waals surface area (Å²) < 4.78 is 57.2. The van der Waals surface area contributed by atoms with Crippen LogP contribution in [0, 0.1) is 5.95 Å². The number of piperazine rings is 1. The maximum atomic E-state index is 13.3. The van der Waals surface area contributed by atoms with Crippen molar-refractivity contribution in [2.24, 2.45) is 0 Å². The topological polar surface area (TPSA) is 89.4 Å². The van der Waals surface area contributed by atoms with Crippen molar-refractivity contribution in [3.8, 4) is 22.7 Å². The Kier molecular flexibility index (Phi) is 6.06. The van der Waals surface area contributed by atoms with Crippen molar-refractivity contribution < 1.29 is 31.9 Å². The van der Waals surface area contributed by atoms with Crippen LogP contribution in [0.3, 0.4) is 0 Å². The summed E-state index contributed by atoms with van der Waals surface area (Å²) in [7, 11) is 0. The SMILES string of the molecule is O=C1CN(C(=O)c2cc(-c3cc(Br)cc(OC(F)(F)F)c3)n(-c3ccc(F)nc3)n2)CCN1. The molecular weight excluding hydrogens is 514 g/mol.